The zero-order chi connectivity index (χ0) is 39.8. The predicted molar refractivity (Wildman–Crippen MR) is 128 cm³/mol. The number of rotatable bonds is 24. The largest absolute Gasteiger partial charge is 0.460 e. The first kappa shape index (κ1) is 48.0. The Morgan fingerprint density at radius 2 is 0.900 bits per heavy atom. The molecule has 0 spiro atoms. The van der Waals surface area contributed by atoms with Crippen molar-refractivity contribution >= 4 is 5.91 Å². The second-order valence-corrected chi connectivity index (χ2v) is 10.1. The van der Waals surface area contributed by atoms with Crippen LogP contribution < -0.4 is 5.73 Å². The number of aliphatic hydroxyl groups excluding tert-OH is 4. The minimum absolute atomic E-state index is 0.0141. The summed E-state index contributed by atoms with van der Waals surface area (Å²) < 4.78 is 245. The Hall–Kier alpha value is -2.04. The first-order valence-corrected chi connectivity index (χ1v) is 13.4. The van der Waals surface area contributed by atoms with E-state index in [2.05, 4.69) is 0 Å². The lowest BCUT2D eigenvalue weighted by atomic mass is 9.88. The van der Waals surface area contributed by atoms with Crippen LogP contribution in [0.3, 0.4) is 0 Å². The van der Waals surface area contributed by atoms with E-state index in [9.17, 15) is 79.4 Å². The van der Waals surface area contributed by atoms with Gasteiger partial charge in [0.05, 0.1) is 39.6 Å². The van der Waals surface area contributed by atoms with Gasteiger partial charge in [0, 0.05) is 26.1 Å². The van der Waals surface area contributed by atoms with E-state index in [-0.39, 0.29) is 4.90 Å². The lowest BCUT2D eigenvalue weighted by Crippen LogP contribution is -2.74. The highest BCUT2D eigenvalue weighted by Gasteiger charge is 2.95. The topological polar surface area (TPSA) is 155 Å². The summed E-state index contributed by atoms with van der Waals surface area (Å²) in [6.07, 6.45) is -14.7. The fourth-order valence-corrected chi connectivity index (χ4v) is 3.38. The van der Waals surface area contributed by atoms with Gasteiger partial charge in [-0.2, -0.15) is 74.6 Å². The van der Waals surface area contributed by atoms with E-state index in [0.717, 1.165) is 0 Å². The molecule has 0 radical (unpaired) electrons. The maximum atomic E-state index is 14.4. The summed E-state index contributed by atoms with van der Waals surface area (Å²) in [5, 5.41) is 36.2. The van der Waals surface area contributed by atoms with Crippen molar-refractivity contribution in [1.29, 1.82) is 0 Å². The van der Waals surface area contributed by atoms with Crippen LogP contribution in [0.15, 0.2) is 0 Å². The number of halogens is 17. The average molecular weight is 786 g/mol. The van der Waals surface area contributed by atoms with E-state index >= 15 is 0 Å². The van der Waals surface area contributed by atoms with Crippen LogP contribution in [0.25, 0.3) is 0 Å². The van der Waals surface area contributed by atoms with Gasteiger partial charge in [0.2, 0.25) is 5.91 Å². The first-order chi connectivity index (χ1) is 22.4. The van der Waals surface area contributed by atoms with Gasteiger partial charge in [0.1, 0.15) is 24.9 Å². The van der Waals surface area contributed by atoms with Crippen LogP contribution in [0.2, 0.25) is 0 Å². The van der Waals surface area contributed by atoms with Gasteiger partial charge < -0.3 is 45.3 Å². The summed E-state index contributed by atoms with van der Waals surface area (Å²) in [7, 11) is 0. The molecule has 0 aromatic carbocycles. The van der Waals surface area contributed by atoms with Crippen molar-refractivity contribution in [3.63, 3.8) is 0 Å². The lowest BCUT2D eigenvalue weighted by molar-refractivity contribution is -0.461. The smallest absolute Gasteiger partial charge is 0.394 e. The Kier molecular flexibility index (Phi) is 16.9. The molecule has 27 heteroatoms. The molecule has 0 saturated carbocycles. The number of carbonyl (C=O) groups is 1. The zero-order valence-electron chi connectivity index (χ0n) is 24.9. The molecule has 0 fully saturated rings. The summed E-state index contributed by atoms with van der Waals surface area (Å²) in [5.74, 6) is -59.1. The molecule has 10 nitrogen and oxygen atoms in total. The molecule has 1 amide bonds. The van der Waals surface area contributed by atoms with Gasteiger partial charge in [0.15, 0.2) is 0 Å². The highest BCUT2D eigenvalue weighted by Crippen LogP contribution is 2.64. The molecule has 50 heavy (non-hydrogen) atoms. The van der Waals surface area contributed by atoms with Gasteiger partial charge >= 0.3 is 47.6 Å². The number of carbonyl (C=O) groups excluding carboxylic acids is 1. The highest BCUT2D eigenvalue weighted by atomic mass is 19.4. The zero-order valence-corrected chi connectivity index (χ0v) is 24.9. The molecule has 0 aromatic heterocycles. The van der Waals surface area contributed by atoms with E-state index in [4.69, 9.17) is 40.4 Å². The van der Waals surface area contributed by atoms with Crippen molar-refractivity contribution in [1.82, 2.24) is 4.90 Å². The maximum Gasteiger partial charge on any atom is 0.460 e. The molecule has 0 aliphatic heterocycles. The summed E-state index contributed by atoms with van der Waals surface area (Å²) >= 11 is 0. The monoisotopic (exact) mass is 786 g/mol. The van der Waals surface area contributed by atoms with Crippen LogP contribution >= 0.6 is 0 Å². The Labute approximate surface area is 269 Å². The van der Waals surface area contributed by atoms with Crippen molar-refractivity contribution < 1.29 is 114 Å². The number of hydrogen-bond donors (Lipinski definition) is 5. The van der Waals surface area contributed by atoms with E-state index in [1.54, 1.807) is 0 Å². The lowest BCUT2D eigenvalue weighted by Gasteiger charge is -2.43. The molecule has 0 aliphatic rings. The second-order valence-electron chi connectivity index (χ2n) is 10.1. The van der Waals surface area contributed by atoms with Crippen LogP contribution in [-0.4, -0.2) is 163 Å². The van der Waals surface area contributed by atoms with Crippen molar-refractivity contribution in [2.45, 2.75) is 72.4 Å². The van der Waals surface area contributed by atoms with Gasteiger partial charge in [-0.1, -0.05) is 0 Å². The molecular formula is C23H31F17N2O8. The van der Waals surface area contributed by atoms with Gasteiger partial charge in [-0.3, -0.25) is 4.79 Å². The van der Waals surface area contributed by atoms with Gasteiger partial charge in [-0.15, -0.1) is 0 Å². The molecule has 0 rings (SSSR count). The van der Waals surface area contributed by atoms with E-state index < -0.39 is 144 Å². The number of aliphatic hydroxyl groups is 4. The number of nitrogens with two attached hydrogens (primary N) is 1. The molecule has 0 aliphatic carbocycles. The molecule has 0 unspecified atom stereocenters. The Morgan fingerprint density at radius 3 is 1.24 bits per heavy atom. The van der Waals surface area contributed by atoms with E-state index in [0.29, 0.717) is 0 Å². The van der Waals surface area contributed by atoms with Crippen molar-refractivity contribution in [2.75, 3.05) is 65.9 Å². The average Bonchev–Trinajstić information content (AvgIpc) is 3.00. The number of ether oxygens (including phenoxy) is 3. The molecule has 0 atom stereocenters. The van der Waals surface area contributed by atoms with Crippen LogP contribution in [-0.2, 0) is 19.0 Å². The van der Waals surface area contributed by atoms with E-state index in [1.807, 2.05) is 0 Å². The maximum absolute atomic E-state index is 14.4. The number of nitrogens with zero attached hydrogens (tertiary/aromatic N) is 1. The van der Waals surface area contributed by atoms with Crippen molar-refractivity contribution in [3.05, 3.63) is 0 Å². The molecule has 0 heterocycles. The Morgan fingerprint density at radius 1 is 0.540 bits per heavy atom. The van der Waals surface area contributed by atoms with E-state index in [1.165, 1.54) is 0 Å². The predicted octanol–water partition coefficient (Wildman–Crippen LogP) is 2.30. The third-order valence-corrected chi connectivity index (χ3v) is 6.53. The second kappa shape index (κ2) is 17.7. The molecule has 300 valence electrons. The molecule has 0 aromatic rings. The first-order valence-electron chi connectivity index (χ1n) is 13.4. The Balaban J connectivity index is 6.17. The molecule has 0 saturated heterocycles. The van der Waals surface area contributed by atoms with Crippen molar-refractivity contribution in [3.8, 4) is 0 Å². The SMILES string of the molecule is NCCN(CCC(F)(F)C(F)(F)C(F)(F)C(F)(F)C(F)(F)C(F)(F)C(F)(F)C(F)(F)F)C(=O)COC(COC(CO)CO)COC(CO)CO. The minimum Gasteiger partial charge on any atom is -0.394 e. The summed E-state index contributed by atoms with van der Waals surface area (Å²) in [4.78, 5) is 12.5. The molecule has 6 N–H and O–H groups in total. The highest BCUT2D eigenvalue weighted by molar-refractivity contribution is 5.77. The van der Waals surface area contributed by atoms with Crippen LogP contribution in [0.5, 0.6) is 0 Å². The van der Waals surface area contributed by atoms with Crippen LogP contribution in [0, 0.1) is 0 Å². The third kappa shape index (κ3) is 9.88. The standard InChI is InChI=1S/C23H31F17N2O8/c24-16(25,17(26,27)18(28,29)19(30,31)20(32,33)21(34,35)22(36,37)23(38,39)40)1-3-42(4-2-41)15(47)11-50-14(9-48-12(5-43)6-44)10-49-13(7-45)8-46/h12-14,43-46H,1-11,41H2. The Bertz CT molecular complexity index is 1030. The number of amides is 1. The van der Waals surface area contributed by atoms with Gasteiger partial charge in [0.25, 0.3) is 0 Å². The van der Waals surface area contributed by atoms with Crippen LogP contribution in [0.4, 0.5) is 74.6 Å². The number of hydrogen-bond acceptors (Lipinski definition) is 9. The normalized spacial score (nSPS) is 14.7. The molecule has 0 bridgehead atoms. The van der Waals surface area contributed by atoms with Crippen molar-refractivity contribution in [2.24, 2.45) is 5.73 Å². The fraction of sp³-hybridized carbons (Fsp3) is 0.957. The number of alkyl halides is 17. The summed E-state index contributed by atoms with van der Waals surface area (Å²) in [5.41, 5.74) is 5.13. The fourth-order valence-electron chi connectivity index (χ4n) is 3.38. The van der Waals surface area contributed by atoms with Gasteiger partial charge in [-0.05, 0) is 0 Å². The summed E-state index contributed by atoms with van der Waals surface area (Å²) in [6.45, 7) is -9.30. The minimum atomic E-state index is -8.77. The van der Waals surface area contributed by atoms with Gasteiger partial charge in [-0.25, -0.2) is 0 Å². The quantitative estimate of drug-likeness (QED) is 0.0929. The van der Waals surface area contributed by atoms with Crippen LogP contribution in [0.1, 0.15) is 6.42 Å². The third-order valence-electron chi connectivity index (χ3n) is 6.53. The summed E-state index contributed by atoms with van der Waals surface area (Å²) in [6, 6.07) is 0. The molecular weight excluding hydrogens is 755 g/mol.